The molecule has 1 aliphatic heterocycles. The molecule has 0 atom stereocenters. The summed E-state index contributed by atoms with van der Waals surface area (Å²) in [5.41, 5.74) is 10.5. The van der Waals surface area contributed by atoms with Gasteiger partial charge < -0.3 is 9.64 Å². The second-order valence-corrected chi connectivity index (χ2v) is 16.3. The van der Waals surface area contributed by atoms with E-state index in [4.69, 9.17) is 19.7 Å². The van der Waals surface area contributed by atoms with E-state index >= 15 is 0 Å². The van der Waals surface area contributed by atoms with Crippen molar-refractivity contribution >= 4 is 59.3 Å². The second-order valence-electron chi connectivity index (χ2n) is 15.2. The molecule has 286 valence electrons. The van der Waals surface area contributed by atoms with Crippen LogP contribution in [-0.4, -0.2) is 15.0 Å². The molecule has 0 radical (unpaired) electrons. The zero-order valence-corrected chi connectivity index (χ0v) is 33.6. The van der Waals surface area contributed by atoms with E-state index in [1.165, 1.54) is 20.2 Å². The largest absolute Gasteiger partial charge is 0.456 e. The summed E-state index contributed by atoms with van der Waals surface area (Å²) in [6.07, 6.45) is 0. The van der Waals surface area contributed by atoms with Gasteiger partial charge in [0.15, 0.2) is 17.5 Å². The predicted octanol–water partition coefficient (Wildman–Crippen LogP) is 15.3. The molecule has 1 aliphatic rings. The number of hydrogen-bond acceptors (Lipinski definition) is 6. The number of rotatable bonds is 7. The van der Waals surface area contributed by atoms with Crippen molar-refractivity contribution in [1.29, 1.82) is 0 Å². The Morgan fingerprint density at radius 1 is 0.344 bits per heavy atom. The van der Waals surface area contributed by atoms with E-state index in [9.17, 15) is 0 Å². The molecule has 12 rings (SSSR count). The van der Waals surface area contributed by atoms with Crippen LogP contribution in [0.25, 0.3) is 87.4 Å². The highest BCUT2D eigenvalue weighted by molar-refractivity contribution is 7.25. The Hall–Kier alpha value is -7.93. The van der Waals surface area contributed by atoms with Crippen LogP contribution < -0.4 is 9.64 Å². The summed E-state index contributed by atoms with van der Waals surface area (Å²) < 4.78 is 9.36. The Kier molecular flexibility index (Phi) is 8.28. The number of aromatic nitrogens is 3. The van der Waals surface area contributed by atoms with Gasteiger partial charge in [-0.3, -0.25) is 0 Å². The van der Waals surface area contributed by atoms with Gasteiger partial charge in [-0.15, -0.1) is 11.3 Å². The average molecular weight is 799 g/mol. The first kappa shape index (κ1) is 35.1. The van der Waals surface area contributed by atoms with Crippen molar-refractivity contribution < 1.29 is 4.74 Å². The van der Waals surface area contributed by atoms with Crippen molar-refractivity contribution in [2.75, 3.05) is 4.90 Å². The molecule has 0 amide bonds. The monoisotopic (exact) mass is 798 g/mol. The van der Waals surface area contributed by atoms with Gasteiger partial charge in [0.25, 0.3) is 0 Å². The lowest BCUT2D eigenvalue weighted by Crippen LogP contribution is -2.09. The van der Waals surface area contributed by atoms with Gasteiger partial charge in [-0.25, -0.2) is 15.0 Å². The standard InChI is InChI=1S/C55H34N4OS/c1-4-13-36(14-5-1)53-56-54(37-15-6-2-7-16-37)58-55(57-53)46-30-31-48-52-44(20-12-21-45(46)52)42-29-25-38(33-49(42)60-48)35-23-26-40(27-24-35)59(39-17-8-3-9-18-39)41-28-32-51-47(34-41)43-19-10-11-22-50(43)61-51/h1-34H. The molecular weight excluding hydrogens is 765 g/mol. The minimum absolute atomic E-state index is 0.618. The third-order valence-corrected chi connectivity index (χ3v) is 12.7. The van der Waals surface area contributed by atoms with Crippen molar-refractivity contribution in [3.8, 4) is 67.9 Å². The molecule has 0 N–H and O–H groups in total. The van der Waals surface area contributed by atoms with Gasteiger partial charge >= 0.3 is 0 Å². The van der Waals surface area contributed by atoms with Crippen LogP contribution in [-0.2, 0) is 0 Å². The van der Waals surface area contributed by atoms with E-state index in [1.54, 1.807) is 0 Å². The fraction of sp³-hybridized carbons (Fsp3) is 0. The summed E-state index contributed by atoms with van der Waals surface area (Å²) in [7, 11) is 0. The molecule has 0 spiro atoms. The van der Waals surface area contributed by atoms with Gasteiger partial charge in [0.05, 0.1) is 0 Å². The number of thiophene rings is 1. The average Bonchev–Trinajstić information content (AvgIpc) is 3.71. The zero-order chi connectivity index (χ0) is 40.3. The van der Waals surface area contributed by atoms with Gasteiger partial charge in [0.1, 0.15) is 11.5 Å². The number of fused-ring (bicyclic) bond motifs is 5. The highest BCUT2D eigenvalue weighted by atomic mass is 32.1. The van der Waals surface area contributed by atoms with Crippen LogP contribution in [0, 0.1) is 0 Å². The Bertz CT molecular complexity index is 3380. The number of ether oxygens (including phenoxy) is 1. The Morgan fingerprint density at radius 2 is 0.934 bits per heavy atom. The molecule has 61 heavy (non-hydrogen) atoms. The van der Waals surface area contributed by atoms with Crippen LogP contribution in [0.3, 0.4) is 0 Å². The van der Waals surface area contributed by atoms with Gasteiger partial charge in [0.2, 0.25) is 0 Å². The molecule has 0 saturated heterocycles. The molecule has 5 nitrogen and oxygen atoms in total. The fourth-order valence-electron chi connectivity index (χ4n) is 8.62. The van der Waals surface area contributed by atoms with E-state index in [2.05, 4.69) is 144 Å². The third kappa shape index (κ3) is 6.12. The van der Waals surface area contributed by atoms with Crippen molar-refractivity contribution in [2.45, 2.75) is 0 Å². The predicted molar refractivity (Wildman–Crippen MR) is 252 cm³/mol. The smallest absolute Gasteiger partial charge is 0.164 e. The third-order valence-electron chi connectivity index (χ3n) is 11.5. The highest BCUT2D eigenvalue weighted by Crippen LogP contribution is 2.50. The lowest BCUT2D eigenvalue weighted by molar-refractivity contribution is 0.487. The summed E-state index contributed by atoms with van der Waals surface area (Å²) in [4.78, 5) is 17.3. The first-order valence-corrected chi connectivity index (χ1v) is 21.2. The maximum atomic E-state index is 6.76. The number of para-hydroxylation sites is 1. The lowest BCUT2D eigenvalue weighted by Gasteiger charge is -2.26. The zero-order valence-electron chi connectivity index (χ0n) is 32.7. The van der Waals surface area contributed by atoms with E-state index in [1.807, 2.05) is 78.1 Å². The van der Waals surface area contributed by atoms with Crippen molar-refractivity contribution in [3.63, 3.8) is 0 Å². The summed E-state index contributed by atoms with van der Waals surface area (Å²) in [6, 6.07) is 72.2. The molecule has 11 aromatic rings. The summed E-state index contributed by atoms with van der Waals surface area (Å²) in [5, 5.41) is 4.64. The molecule has 0 fully saturated rings. The summed E-state index contributed by atoms with van der Waals surface area (Å²) in [5.74, 6) is 3.52. The van der Waals surface area contributed by atoms with Crippen LogP contribution >= 0.6 is 11.3 Å². The van der Waals surface area contributed by atoms with Crippen LogP contribution in [0.5, 0.6) is 11.5 Å². The van der Waals surface area contributed by atoms with E-state index in [0.717, 1.165) is 78.3 Å². The summed E-state index contributed by atoms with van der Waals surface area (Å²) in [6.45, 7) is 0. The minimum atomic E-state index is 0.618. The molecule has 0 bridgehead atoms. The van der Waals surface area contributed by atoms with Crippen molar-refractivity contribution in [1.82, 2.24) is 15.0 Å². The minimum Gasteiger partial charge on any atom is -0.456 e. The molecule has 0 unspecified atom stereocenters. The quantitative estimate of drug-likeness (QED) is 0.161. The molecule has 0 aliphatic carbocycles. The number of hydrogen-bond donors (Lipinski definition) is 0. The highest BCUT2D eigenvalue weighted by Gasteiger charge is 2.24. The van der Waals surface area contributed by atoms with Gasteiger partial charge in [-0.1, -0.05) is 133 Å². The Labute approximate surface area is 356 Å². The van der Waals surface area contributed by atoms with Gasteiger partial charge in [0, 0.05) is 64.9 Å². The van der Waals surface area contributed by atoms with Crippen LogP contribution in [0.4, 0.5) is 17.1 Å². The number of nitrogens with zero attached hydrogens (tertiary/aromatic N) is 4. The lowest BCUT2D eigenvalue weighted by atomic mass is 9.91. The Balaban J connectivity index is 0.906. The topological polar surface area (TPSA) is 51.1 Å². The first-order valence-electron chi connectivity index (χ1n) is 20.3. The Morgan fingerprint density at radius 3 is 1.69 bits per heavy atom. The summed E-state index contributed by atoms with van der Waals surface area (Å²) >= 11 is 1.84. The normalized spacial score (nSPS) is 11.7. The van der Waals surface area contributed by atoms with Gasteiger partial charge in [-0.2, -0.15) is 0 Å². The molecule has 3 heterocycles. The van der Waals surface area contributed by atoms with E-state index in [-0.39, 0.29) is 0 Å². The molecule has 2 aromatic heterocycles. The molecular formula is C55H34N4OS. The van der Waals surface area contributed by atoms with Crippen molar-refractivity contribution in [3.05, 3.63) is 206 Å². The van der Waals surface area contributed by atoms with E-state index < -0.39 is 0 Å². The number of anilines is 3. The molecule has 6 heteroatoms. The van der Waals surface area contributed by atoms with Gasteiger partial charge in [-0.05, 0) is 94.9 Å². The molecule has 0 saturated carbocycles. The fourth-order valence-corrected chi connectivity index (χ4v) is 9.70. The van der Waals surface area contributed by atoms with E-state index in [0.29, 0.717) is 17.5 Å². The van der Waals surface area contributed by atoms with Crippen molar-refractivity contribution in [2.24, 2.45) is 0 Å². The van der Waals surface area contributed by atoms with Crippen LogP contribution in [0.2, 0.25) is 0 Å². The SMILES string of the molecule is c1ccc(-c2nc(-c3ccccc3)nc(-c3ccc4c5c(cccc35)-c3ccc(-c5ccc(N(c6ccccc6)c6ccc7sc8ccccc8c7c6)cc5)cc3O4)n2)cc1. The first-order chi connectivity index (χ1) is 30.2. The number of benzene rings is 9. The maximum absolute atomic E-state index is 6.76. The second kappa shape index (κ2) is 14.4. The van der Waals surface area contributed by atoms with Crippen LogP contribution in [0.1, 0.15) is 0 Å². The van der Waals surface area contributed by atoms with Crippen LogP contribution in [0.15, 0.2) is 206 Å². The maximum Gasteiger partial charge on any atom is 0.164 e. The molecule has 9 aromatic carbocycles.